The summed E-state index contributed by atoms with van der Waals surface area (Å²) in [5.41, 5.74) is 6.77. The molecule has 16 heavy (non-hydrogen) atoms. The lowest BCUT2D eigenvalue weighted by Gasteiger charge is -2.11. The van der Waals surface area contributed by atoms with E-state index in [2.05, 4.69) is 79.8 Å². The molecule has 2 aromatic carbocycles. The molecule has 82 valence electrons. The van der Waals surface area contributed by atoms with Crippen LogP contribution in [0.15, 0.2) is 36.4 Å². The standard InChI is InChI=1S/C15H15I/c1-10-8-12(3)14(9-11(10)2)13-6-4-5-7-15(13)16/h4-9H,1-3H3. The minimum atomic E-state index is 1.31. The van der Waals surface area contributed by atoms with Crippen molar-refractivity contribution in [1.29, 1.82) is 0 Å². The van der Waals surface area contributed by atoms with Crippen molar-refractivity contribution in [2.24, 2.45) is 0 Å². The summed E-state index contributed by atoms with van der Waals surface area (Å²) in [4.78, 5) is 0. The largest absolute Gasteiger partial charge is 0.0616 e. The maximum Gasteiger partial charge on any atom is 0.0208 e. The number of aryl methyl sites for hydroxylation is 3. The average Bonchev–Trinajstić information content (AvgIpc) is 2.25. The van der Waals surface area contributed by atoms with Crippen LogP contribution >= 0.6 is 22.6 Å². The highest BCUT2D eigenvalue weighted by atomic mass is 127. The predicted molar refractivity (Wildman–Crippen MR) is 78.8 cm³/mol. The Bertz CT molecular complexity index is 527. The lowest BCUT2D eigenvalue weighted by atomic mass is 9.96. The molecule has 0 spiro atoms. The van der Waals surface area contributed by atoms with Gasteiger partial charge in [-0.25, -0.2) is 0 Å². The highest BCUT2D eigenvalue weighted by Gasteiger charge is 2.06. The third kappa shape index (κ3) is 2.14. The van der Waals surface area contributed by atoms with Crippen molar-refractivity contribution in [2.75, 3.05) is 0 Å². The second kappa shape index (κ2) is 4.58. The summed E-state index contributed by atoms with van der Waals surface area (Å²) in [7, 11) is 0. The Morgan fingerprint density at radius 3 is 2.06 bits per heavy atom. The van der Waals surface area contributed by atoms with E-state index in [9.17, 15) is 0 Å². The molecule has 2 aromatic rings. The minimum Gasteiger partial charge on any atom is -0.0616 e. The smallest absolute Gasteiger partial charge is 0.0208 e. The number of hydrogen-bond acceptors (Lipinski definition) is 0. The van der Waals surface area contributed by atoms with Gasteiger partial charge in [-0.2, -0.15) is 0 Å². The van der Waals surface area contributed by atoms with Crippen molar-refractivity contribution >= 4 is 22.6 Å². The van der Waals surface area contributed by atoms with Gasteiger partial charge in [-0.1, -0.05) is 30.3 Å². The third-order valence-electron chi connectivity index (χ3n) is 3.00. The zero-order valence-electron chi connectivity index (χ0n) is 9.84. The van der Waals surface area contributed by atoms with Crippen LogP contribution in [-0.4, -0.2) is 0 Å². The molecule has 0 saturated heterocycles. The van der Waals surface area contributed by atoms with Crippen LogP contribution in [0.3, 0.4) is 0 Å². The van der Waals surface area contributed by atoms with Crippen LogP contribution in [-0.2, 0) is 0 Å². The van der Waals surface area contributed by atoms with Crippen molar-refractivity contribution < 1.29 is 0 Å². The predicted octanol–water partition coefficient (Wildman–Crippen LogP) is 4.88. The van der Waals surface area contributed by atoms with Gasteiger partial charge in [0.05, 0.1) is 0 Å². The number of rotatable bonds is 1. The van der Waals surface area contributed by atoms with E-state index in [1.54, 1.807) is 0 Å². The summed E-state index contributed by atoms with van der Waals surface area (Å²) in [5, 5.41) is 0. The third-order valence-corrected chi connectivity index (χ3v) is 3.95. The van der Waals surface area contributed by atoms with Crippen LogP contribution in [0.5, 0.6) is 0 Å². The maximum atomic E-state index is 2.40. The van der Waals surface area contributed by atoms with Crippen LogP contribution in [0, 0.1) is 24.3 Å². The topological polar surface area (TPSA) is 0 Å². The summed E-state index contributed by atoms with van der Waals surface area (Å²) in [6.07, 6.45) is 0. The van der Waals surface area contributed by atoms with E-state index in [-0.39, 0.29) is 0 Å². The first-order chi connectivity index (χ1) is 7.59. The molecular weight excluding hydrogens is 307 g/mol. The van der Waals surface area contributed by atoms with Gasteiger partial charge in [-0.05, 0) is 77.2 Å². The molecule has 0 saturated carbocycles. The highest BCUT2D eigenvalue weighted by Crippen LogP contribution is 2.29. The molecule has 0 bridgehead atoms. The average molecular weight is 322 g/mol. The fourth-order valence-corrected chi connectivity index (χ4v) is 2.61. The highest BCUT2D eigenvalue weighted by molar-refractivity contribution is 14.1. The molecule has 2 rings (SSSR count). The first kappa shape index (κ1) is 11.6. The van der Waals surface area contributed by atoms with Gasteiger partial charge in [0, 0.05) is 3.57 Å². The van der Waals surface area contributed by atoms with Crippen LogP contribution in [0.2, 0.25) is 0 Å². The van der Waals surface area contributed by atoms with Crippen LogP contribution < -0.4 is 0 Å². The Morgan fingerprint density at radius 2 is 1.38 bits per heavy atom. The molecule has 0 aromatic heterocycles. The van der Waals surface area contributed by atoms with Crippen molar-refractivity contribution in [3.8, 4) is 11.1 Å². The second-order valence-corrected chi connectivity index (χ2v) is 5.39. The molecular formula is C15H15I. The Hall–Kier alpha value is -0.830. The van der Waals surface area contributed by atoms with Gasteiger partial charge in [0.25, 0.3) is 0 Å². The van der Waals surface area contributed by atoms with E-state index in [0.717, 1.165) is 0 Å². The van der Waals surface area contributed by atoms with E-state index in [0.29, 0.717) is 0 Å². The van der Waals surface area contributed by atoms with Gasteiger partial charge in [-0.3, -0.25) is 0 Å². The lowest BCUT2D eigenvalue weighted by Crippen LogP contribution is -1.90. The Balaban J connectivity index is 2.65. The Morgan fingerprint density at radius 1 is 0.750 bits per heavy atom. The normalized spacial score (nSPS) is 10.5. The molecule has 0 heterocycles. The Labute approximate surface area is 111 Å². The molecule has 0 fully saturated rings. The Kier molecular flexibility index (Phi) is 3.33. The number of halogens is 1. The van der Waals surface area contributed by atoms with Gasteiger partial charge < -0.3 is 0 Å². The SMILES string of the molecule is Cc1cc(C)c(-c2ccccc2I)cc1C. The molecule has 1 heteroatoms. The zero-order valence-corrected chi connectivity index (χ0v) is 12.0. The van der Waals surface area contributed by atoms with Crippen molar-refractivity contribution in [3.63, 3.8) is 0 Å². The molecule has 0 aliphatic carbocycles. The van der Waals surface area contributed by atoms with Crippen LogP contribution in [0.1, 0.15) is 16.7 Å². The first-order valence-electron chi connectivity index (χ1n) is 5.42. The molecule has 0 aliphatic heterocycles. The molecule has 0 N–H and O–H groups in total. The van der Waals surface area contributed by atoms with Gasteiger partial charge in [0.15, 0.2) is 0 Å². The van der Waals surface area contributed by atoms with E-state index in [4.69, 9.17) is 0 Å². The fraction of sp³-hybridized carbons (Fsp3) is 0.200. The summed E-state index contributed by atoms with van der Waals surface area (Å²) in [6, 6.07) is 13.1. The van der Waals surface area contributed by atoms with Gasteiger partial charge in [-0.15, -0.1) is 0 Å². The summed E-state index contributed by atoms with van der Waals surface area (Å²) >= 11 is 2.40. The quantitative estimate of drug-likeness (QED) is 0.656. The molecule has 0 unspecified atom stereocenters. The molecule has 0 amide bonds. The summed E-state index contributed by atoms with van der Waals surface area (Å²) in [5.74, 6) is 0. The van der Waals surface area contributed by atoms with E-state index < -0.39 is 0 Å². The molecule has 0 radical (unpaired) electrons. The van der Waals surface area contributed by atoms with E-state index >= 15 is 0 Å². The number of benzene rings is 2. The van der Waals surface area contributed by atoms with E-state index in [1.807, 2.05) is 0 Å². The fourth-order valence-electron chi connectivity index (χ4n) is 1.93. The van der Waals surface area contributed by atoms with Crippen LogP contribution in [0.25, 0.3) is 11.1 Å². The summed E-state index contributed by atoms with van der Waals surface area (Å²) in [6.45, 7) is 6.53. The first-order valence-corrected chi connectivity index (χ1v) is 6.50. The lowest BCUT2D eigenvalue weighted by molar-refractivity contribution is 1.30. The van der Waals surface area contributed by atoms with E-state index in [1.165, 1.54) is 31.4 Å². The van der Waals surface area contributed by atoms with Crippen molar-refractivity contribution in [2.45, 2.75) is 20.8 Å². The number of hydrogen-bond donors (Lipinski definition) is 0. The van der Waals surface area contributed by atoms with Crippen molar-refractivity contribution in [1.82, 2.24) is 0 Å². The minimum absolute atomic E-state index is 1.31. The van der Waals surface area contributed by atoms with Crippen LogP contribution in [0.4, 0.5) is 0 Å². The molecule has 0 atom stereocenters. The molecule has 0 nitrogen and oxygen atoms in total. The summed E-state index contributed by atoms with van der Waals surface area (Å²) < 4.78 is 1.31. The second-order valence-electron chi connectivity index (χ2n) is 4.23. The zero-order chi connectivity index (χ0) is 11.7. The van der Waals surface area contributed by atoms with Gasteiger partial charge in [0.1, 0.15) is 0 Å². The monoisotopic (exact) mass is 322 g/mol. The molecule has 0 aliphatic rings. The van der Waals surface area contributed by atoms with Crippen molar-refractivity contribution in [3.05, 3.63) is 56.7 Å². The van der Waals surface area contributed by atoms with Gasteiger partial charge >= 0.3 is 0 Å². The van der Waals surface area contributed by atoms with Gasteiger partial charge in [0.2, 0.25) is 0 Å². The maximum absolute atomic E-state index is 2.40.